The second kappa shape index (κ2) is 6.93. The Morgan fingerprint density at radius 3 is 2.38 bits per heavy atom. The monoisotopic (exact) mass is 309 g/mol. The minimum Gasteiger partial charge on any atom is -0.486 e. The van der Waals surface area contributed by atoms with Gasteiger partial charge in [-0.05, 0) is 41.8 Å². The van der Waals surface area contributed by atoms with E-state index in [1.165, 1.54) is 10.5 Å². The van der Waals surface area contributed by atoms with E-state index in [2.05, 4.69) is 51.4 Å². The smallest absolute Gasteiger partial charge is 0.162 e. The number of nitrogens with one attached hydrogen (secondary N) is 1. The molecule has 0 spiro atoms. The highest BCUT2D eigenvalue weighted by molar-refractivity contribution is 7.98. The standard InChI is InChI=1S/C17H27NO2S/c1-12(17(2,3)4)10-18-11-13-8-14-15(9-16(13)21-5)20-7-6-19-14/h8-9,12,18H,6-7,10-11H2,1-5H3. The van der Waals surface area contributed by atoms with Crippen molar-refractivity contribution in [2.24, 2.45) is 11.3 Å². The first-order valence-corrected chi connectivity index (χ1v) is 8.81. The lowest BCUT2D eigenvalue weighted by atomic mass is 9.82. The summed E-state index contributed by atoms with van der Waals surface area (Å²) < 4.78 is 11.3. The molecular formula is C17H27NO2S. The van der Waals surface area contributed by atoms with Crippen molar-refractivity contribution in [3.05, 3.63) is 17.7 Å². The van der Waals surface area contributed by atoms with Gasteiger partial charge in [0, 0.05) is 11.4 Å². The predicted molar refractivity (Wildman–Crippen MR) is 89.5 cm³/mol. The Bertz CT molecular complexity index is 482. The maximum atomic E-state index is 5.68. The van der Waals surface area contributed by atoms with Crippen LogP contribution in [-0.4, -0.2) is 26.0 Å². The number of thioether (sulfide) groups is 1. The van der Waals surface area contributed by atoms with Crippen LogP contribution in [0, 0.1) is 11.3 Å². The van der Waals surface area contributed by atoms with Crippen LogP contribution in [0.1, 0.15) is 33.3 Å². The first kappa shape index (κ1) is 16.5. The van der Waals surface area contributed by atoms with Gasteiger partial charge in [0.05, 0.1) is 0 Å². The molecule has 1 heterocycles. The van der Waals surface area contributed by atoms with Crippen molar-refractivity contribution in [1.82, 2.24) is 5.32 Å². The fourth-order valence-electron chi connectivity index (χ4n) is 2.17. The third-order valence-electron chi connectivity index (χ3n) is 4.19. The Kier molecular flexibility index (Phi) is 5.44. The molecule has 1 atom stereocenters. The van der Waals surface area contributed by atoms with E-state index in [1.807, 2.05) is 0 Å². The molecule has 1 aliphatic rings. The zero-order valence-electron chi connectivity index (χ0n) is 13.8. The molecule has 1 aliphatic heterocycles. The summed E-state index contributed by atoms with van der Waals surface area (Å²) in [6, 6.07) is 4.22. The minimum atomic E-state index is 0.335. The summed E-state index contributed by atoms with van der Waals surface area (Å²) >= 11 is 1.76. The molecule has 3 nitrogen and oxygen atoms in total. The number of rotatable bonds is 5. The normalized spacial score (nSPS) is 15.9. The van der Waals surface area contributed by atoms with E-state index in [1.54, 1.807) is 11.8 Å². The van der Waals surface area contributed by atoms with Crippen molar-refractivity contribution in [2.45, 2.75) is 39.1 Å². The lowest BCUT2D eigenvalue weighted by Gasteiger charge is -2.27. The molecule has 0 aromatic heterocycles. The van der Waals surface area contributed by atoms with Gasteiger partial charge in [-0.2, -0.15) is 0 Å². The lowest BCUT2D eigenvalue weighted by Crippen LogP contribution is -2.29. The zero-order valence-corrected chi connectivity index (χ0v) is 14.6. The summed E-state index contributed by atoms with van der Waals surface area (Å²) in [5.41, 5.74) is 1.62. The van der Waals surface area contributed by atoms with Crippen LogP contribution in [0.3, 0.4) is 0 Å². The van der Waals surface area contributed by atoms with Gasteiger partial charge in [-0.25, -0.2) is 0 Å². The topological polar surface area (TPSA) is 30.5 Å². The molecule has 0 bridgehead atoms. The van der Waals surface area contributed by atoms with Gasteiger partial charge in [-0.15, -0.1) is 11.8 Å². The van der Waals surface area contributed by atoms with Gasteiger partial charge in [-0.1, -0.05) is 27.7 Å². The summed E-state index contributed by atoms with van der Waals surface area (Å²) in [5, 5.41) is 3.58. The highest BCUT2D eigenvalue weighted by atomic mass is 32.2. The minimum absolute atomic E-state index is 0.335. The van der Waals surface area contributed by atoms with Crippen LogP contribution in [0.4, 0.5) is 0 Å². The number of hydrogen-bond donors (Lipinski definition) is 1. The van der Waals surface area contributed by atoms with Gasteiger partial charge in [0.25, 0.3) is 0 Å². The van der Waals surface area contributed by atoms with Crippen LogP contribution in [0.5, 0.6) is 11.5 Å². The van der Waals surface area contributed by atoms with E-state index in [9.17, 15) is 0 Å². The summed E-state index contributed by atoms with van der Waals surface area (Å²) in [6.07, 6.45) is 2.10. The van der Waals surface area contributed by atoms with E-state index in [0.29, 0.717) is 24.5 Å². The molecule has 1 unspecified atom stereocenters. The van der Waals surface area contributed by atoms with Gasteiger partial charge in [-0.3, -0.25) is 0 Å². The van der Waals surface area contributed by atoms with Crippen LogP contribution >= 0.6 is 11.8 Å². The molecule has 2 rings (SSSR count). The molecule has 0 amide bonds. The van der Waals surface area contributed by atoms with Crippen LogP contribution < -0.4 is 14.8 Å². The van der Waals surface area contributed by atoms with E-state index in [0.717, 1.165) is 24.6 Å². The second-order valence-corrected chi connectivity index (χ2v) is 7.55. The van der Waals surface area contributed by atoms with E-state index in [4.69, 9.17) is 9.47 Å². The van der Waals surface area contributed by atoms with Crippen molar-refractivity contribution in [1.29, 1.82) is 0 Å². The van der Waals surface area contributed by atoms with Crippen LogP contribution in [0.2, 0.25) is 0 Å². The van der Waals surface area contributed by atoms with Crippen molar-refractivity contribution in [2.75, 3.05) is 26.0 Å². The van der Waals surface area contributed by atoms with E-state index in [-0.39, 0.29) is 0 Å². The average molecular weight is 309 g/mol. The Labute approximate surface area is 132 Å². The predicted octanol–water partition coefficient (Wildman–Crippen LogP) is 3.95. The lowest BCUT2D eigenvalue weighted by molar-refractivity contribution is 0.171. The van der Waals surface area contributed by atoms with Gasteiger partial charge >= 0.3 is 0 Å². The molecule has 118 valence electrons. The Morgan fingerprint density at radius 2 is 1.81 bits per heavy atom. The SMILES string of the molecule is CSc1cc2c(cc1CNCC(C)C(C)(C)C)OCCO2. The molecule has 21 heavy (non-hydrogen) atoms. The summed E-state index contributed by atoms with van der Waals surface area (Å²) in [6.45, 7) is 12.3. The maximum absolute atomic E-state index is 5.68. The maximum Gasteiger partial charge on any atom is 0.162 e. The van der Waals surface area contributed by atoms with Gasteiger partial charge in [0.1, 0.15) is 13.2 Å². The number of hydrogen-bond acceptors (Lipinski definition) is 4. The molecular weight excluding hydrogens is 282 g/mol. The molecule has 4 heteroatoms. The molecule has 0 aliphatic carbocycles. The summed E-state index contributed by atoms with van der Waals surface area (Å²) in [5.74, 6) is 2.38. The fraction of sp³-hybridized carbons (Fsp3) is 0.647. The number of fused-ring (bicyclic) bond motifs is 1. The van der Waals surface area contributed by atoms with Gasteiger partial charge in [0.2, 0.25) is 0 Å². The largest absolute Gasteiger partial charge is 0.486 e. The number of ether oxygens (including phenoxy) is 2. The second-order valence-electron chi connectivity index (χ2n) is 6.71. The van der Waals surface area contributed by atoms with Crippen molar-refractivity contribution in [3.8, 4) is 11.5 Å². The van der Waals surface area contributed by atoms with E-state index < -0.39 is 0 Å². The van der Waals surface area contributed by atoms with Crippen molar-refractivity contribution < 1.29 is 9.47 Å². The molecule has 0 radical (unpaired) electrons. The highest BCUT2D eigenvalue weighted by Crippen LogP contribution is 2.36. The van der Waals surface area contributed by atoms with Crippen LogP contribution in [-0.2, 0) is 6.54 Å². The molecule has 1 N–H and O–H groups in total. The molecule has 1 aromatic carbocycles. The first-order chi connectivity index (χ1) is 9.91. The molecule has 1 aromatic rings. The molecule has 0 saturated heterocycles. The van der Waals surface area contributed by atoms with Crippen molar-refractivity contribution in [3.63, 3.8) is 0 Å². The van der Waals surface area contributed by atoms with Gasteiger partial charge in [0.15, 0.2) is 11.5 Å². The van der Waals surface area contributed by atoms with Crippen LogP contribution in [0.15, 0.2) is 17.0 Å². The fourth-order valence-corrected chi connectivity index (χ4v) is 2.79. The third-order valence-corrected chi connectivity index (χ3v) is 5.01. The quantitative estimate of drug-likeness (QED) is 0.834. The number of benzene rings is 1. The summed E-state index contributed by atoms with van der Waals surface area (Å²) in [4.78, 5) is 1.26. The summed E-state index contributed by atoms with van der Waals surface area (Å²) in [7, 11) is 0. The third kappa shape index (κ3) is 4.30. The van der Waals surface area contributed by atoms with Crippen molar-refractivity contribution >= 4 is 11.8 Å². The van der Waals surface area contributed by atoms with Crippen LogP contribution in [0.25, 0.3) is 0 Å². The molecule has 0 saturated carbocycles. The first-order valence-electron chi connectivity index (χ1n) is 7.59. The zero-order chi connectivity index (χ0) is 15.5. The van der Waals surface area contributed by atoms with E-state index >= 15 is 0 Å². The Morgan fingerprint density at radius 1 is 1.19 bits per heavy atom. The molecule has 0 fully saturated rings. The average Bonchev–Trinajstić information content (AvgIpc) is 2.45. The highest BCUT2D eigenvalue weighted by Gasteiger charge is 2.20. The Balaban J connectivity index is 2.02. The van der Waals surface area contributed by atoms with Gasteiger partial charge < -0.3 is 14.8 Å². The Hall–Kier alpha value is -0.870.